The van der Waals surface area contributed by atoms with Gasteiger partial charge in [-0.15, -0.1) is 0 Å². The third-order valence-electron chi connectivity index (χ3n) is 5.32. The SMILES string of the molecule is CC[C@@H](C)n1cc(/C=C2\C(=O)NC(=O)N(c3ccc(F)cc3)C2=O)c2ccccc21. The summed E-state index contributed by atoms with van der Waals surface area (Å²) in [5, 5.41) is 3.09. The number of hydrogen-bond acceptors (Lipinski definition) is 3. The van der Waals surface area contributed by atoms with Crippen LogP contribution < -0.4 is 10.2 Å². The first kappa shape index (κ1) is 19.6. The highest BCUT2D eigenvalue weighted by atomic mass is 19.1. The number of halogens is 1. The molecule has 0 aliphatic carbocycles. The van der Waals surface area contributed by atoms with E-state index in [2.05, 4.69) is 23.7 Å². The minimum absolute atomic E-state index is 0.161. The van der Waals surface area contributed by atoms with Crippen molar-refractivity contribution >= 4 is 40.5 Å². The molecule has 1 aliphatic heterocycles. The first-order valence-electron chi connectivity index (χ1n) is 9.67. The molecule has 1 aromatic heterocycles. The molecule has 0 saturated carbocycles. The van der Waals surface area contributed by atoms with Gasteiger partial charge in [0.15, 0.2) is 0 Å². The Kier molecular flexibility index (Phi) is 4.95. The molecule has 6 nitrogen and oxygen atoms in total. The van der Waals surface area contributed by atoms with Gasteiger partial charge in [0.05, 0.1) is 5.69 Å². The number of urea groups is 1. The molecule has 152 valence electrons. The van der Waals surface area contributed by atoms with Crippen LogP contribution in [0.1, 0.15) is 31.9 Å². The average molecular weight is 405 g/mol. The van der Waals surface area contributed by atoms with E-state index in [-0.39, 0.29) is 17.3 Å². The van der Waals surface area contributed by atoms with E-state index in [4.69, 9.17) is 0 Å². The van der Waals surface area contributed by atoms with Gasteiger partial charge < -0.3 is 4.57 Å². The van der Waals surface area contributed by atoms with Crippen LogP contribution in [0, 0.1) is 5.82 Å². The number of para-hydroxylation sites is 1. The highest BCUT2D eigenvalue weighted by molar-refractivity contribution is 6.39. The van der Waals surface area contributed by atoms with Crippen LogP contribution in [0.5, 0.6) is 0 Å². The molecule has 3 aromatic rings. The number of rotatable bonds is 4. The fourth-order valence-electron chi connectivity index (χ4n) is 3.55. The quantitative estimate of drug-likeness (QED) is 0.516. The molecule has 4 amide bonds. The van der Waals surface area contributed by atoms with Gasteiger partial charge in [-0.1, -0.05) is 25.1 Å². The van der Waals surface area contributed by atoms with Crippen molar-refractivity contribution < 1.29 is 18.8 Å². The molecule has 7 heteroatoms. The largest absolute Gasteiger partial charge is 0.344 e. The molecular formula is C23H20FN3O3. The maximum Gasteiger partial charge on any atom is 0.335 e. The fourth-order valence-corrected chi connectivity index (χ4v) is 3.55. The lowest BCUT2D eigenvalue weighted by Crippen LogP contribution is -2.54. The third kappa shape index (κ3) is 3.28. The number of aromatic nitrogens is 1. The molecule has 1 fully saturated rings. The summed E-state index contributed by atoms with van der Waals surface area (Å²) in [5.41, 5.74) is 1.72. The number of fused-ring (bicyclic) bond motifs is 1. The van der Waals surface area contributed by atoms with E-state index in [1.165, 1.54) is 18.2 Å². The predicted molar refractivity (Wildman–Crippen MR) is 112 cm³/mol. The fraction of sp³-hybridized carbons (Fsp3) is 0.174. The maximum absolute atomic E-state index is 13.2. The van der Waals surface area contributed by atoms with E-state index in [0.29, 0.717) is 5.56 Å². The van der Waals surface area contributed by atoms with Crippen LogP contribution in [0.2, 0.25) is 0 Å². The van der Waals surface area contributed by atoms with Crippen LogP contribution in [-0.4, -0.2) is 22.4 Å². The summed E-state index contributed by atoms with van der Waals surface area (Å²) in [6.07, 6.45) is 4.33. The second kappa shape index (κ2) is 7.59. The molecular weight excluding hydrogens is 385 g/mol. The Labute approximate surface area is 172 Å². The lowest BCUT2D eigenvalue weighted by Gasteiger charge is -2.26. The summed E-state index contributed by atoms with van der Waals surface area (Å²) in [6.45, 7) is 4.18. The molecule has 0 bridgehead atoms. The maximum atomic E-state index is 13.2. The molecule has 0 unspecified atom stereocenters. The number of carbonyl (C=O) groups is 3. The second-order valence-electron chi connectivity index (χ2n) is 7.20. The van der Waals surface area contributed by atoms with E-state index < -0.39 is 23.7 Å². The molecule has 1 N–H and O–H groups in total. The van der Waals surface area contributed by atoms with Gasteiger partial charge in [-0.3, -0.25) is 14.9 Å². The third-order valence-corrected chi connectivity index (χ3v) is 5.32. The zero-order chi connectivity index (χ0) is 21.4. The summed E-state index contributed by atoms with van der Waals surface area (Å²) in [6, 6.07) is 12.0. The van der Waals surface area contributed by atoms with Gasteiger partial charge in [-0.25, -0.2) is 14.1 Å². The topological polar surface area (TPSA) is 71.4 Å². The van der Waals surface area contributed by atoms with Crippen LogP contribution in [0.25, 0.3) is 17.0 Å². The minimum atomic E-state index is -0.865. The molecule has 30 heavy (non-hydrogen) atoms. The Morgan fingerprint density at radius 2 is 1.77 bits per heavy atom. The minimum Gasteiger partial charge on any atom is -0.344 e. The van der Waals surface area contributed by atoms with Gasteiger partial charge in [0, 0.05) is 28.7 Å². The zero-order valence-electron chi connectivity index (χ0n) is 16.6. The van der Waals surface area contributed by atoms with Crippen molar-refractivity contribution in [1.29, 1.82) is 0 Å². The number of carbonyl (C=O) groups excluding carboxylic acids is 3. The number of amides is 4. The Morgan fingerprint density at radius 3 is 2.47 bits per heavy atom. The monoisotopic (exact) mass is 405 g/mol. The van der Waals surface area contributed by atoms with Crippen molar-refractivity contribution in [2.45, 2.75) is 26.3 Å². The van der Waals surface area contributed by atoms with E-state index in [0.717, 1.165) is 34.4 Å². The van der Waals surface area contributed by atoms with Gasteiger partial charge in [-0.05, 0) is 49.8 Å². The molecule has 1 aliphatic rings. The highest BCUT2D eigenvalue weighted by Crippen LogP contribution is 2.29. The van der Waals surface area contributed by atoms with Gasteiger partial charge in [-0.2, -0.15) is 0 Å². The molecule has 0 radical (unpaired) electrons. The Hall–Kier alpha value is -3.74. The first-order valence-corrected chi connectivity index (χ1v) is 9.67. The van der Waals surface area contributed by atoms with E-state index >= 15 is 0 Å². The normalized spacial score (nSPS) is 17.0. The van der Waals surface area contributed by atoms with E-state index in [1.807, 2.05) is 30.5 Å². The number of benzene rings is 2. The average Bonchev–Trinajstić information content (AvgIpc) is 3.10. The molecule has 0 spiro atoms. The number of barbiturate groups is 1. The second-order valence-corrected chi connectivity index (χ2v) is 7.20. The van der Waals surface area contributed by atoms with Crippen molar-refractivity contribution in [3.8, 4) is 0 Å². The Bertz CT molecular complexity index is 1190. The smallest absolute Gasteiger partial charge is 0.335 e. The van der Waals surface area contributed by atoms with Crippen molar-refractivity contribution in [2.75, 3.05) is 4.90 Å². The first-order chi connectivity index (χ1) is 14.4. The van der Waals surface area contributed by atoms with Crippen LogP contribution in [0.15, 0.2) is 60.3 Å². The van der Waals surface area contributed by atoms with Gasteiger partial charge in [0.1, 0.15) is 11.4 Å². The van der Waals surface area contributed by atoms with Crippen molar-refractivity contribution in [3.63, 3.8) is 0 Å². The zero-order valence-corrected chi connectivity index (χ0v) is 16.6. The van der Waals surface area contributed by atoms with Crippen molar-refractivity contribution in [2.24, 2.45) is 0 Å². The van der Waals surface area contributed by atoms with Gasteiger partial charge >= 0.3 is 6.03 Å². The Morgan fingerprint density at radius 1 is 1.07 bits per heavy atom. The van der Waals surface area contributed by atoms with Crippen LogP contribution in [0.4, 0.5) is 14.9 Å². The molecule has 4 rings (SSSR count). The van der Waals surface area contributed by atoms with Crippen LogP contribution in [0.3, 0.4) is 0 Å². The number of nitrogens with zero attached hydrogens (tertiary/aromatic N) is 2. The summed E-state index contributed by atoms with van der Waals surface area (Å²) in [5.74, 6) is -2.01. The predicted octanol–water partition coefficient (Wildman–Crippen LogP) is 4.42. The standard InChI is InChI=1S/C23H20FN3O3/c1-3-14(2)26-13-15(18-6-4-5-7-20(18)26)12-19-21(28)25-23(30)27(22(19)29)17-10-8-16(24)9-11-17/h4-14H,3H2,1-2H3,(H,25,28,30)/b19-12+/t14-/m1/s1. The summed E-state index contributed by atoms with van der Waals surface area (Å²) >= 11 is 0. The van der Waals surface area contributed by atoms with Crippen molar-refractivity contribution in [1.82, 2.24) is 9.88 Å². The number of imide groups is 2. The summed E-state index contributed by atoms with van der Waals surface area (Å²) < 4.78 is 15.4. The van der Waals surface area contributed by atoms with E-state index in [1.54, 1.807) is 0 Å². The lowest BCUT2D eigenvalue weighted by atomic mass is 10.1. The lowest BCUT2D eigenvalue weighted by molar-refractivity contribution is -0.122. The Balaban J connectivity index is 1.81. The molecule has 1 saturated heterocycles. The molecule has 1 atom stereocenters. The van der Waals surface area contributed by atoms with Crippen molar-refractivity contribution in [3.05, 3.63) is 71.7 Å². The molecule has 2 aromatic carbocycles. The number of hydrogen-bond donors (Lipinski definition) is 1. The van der Waals surface area contributed by atoms with Gasteiger partial charge in [0.2, 0.25) is 0 Å². The highest BCUT2D eigenvalue weighted by Gasteiger charge is 2.37. The molecule has 2 heterocycles. The van der Waals surface area contributed by atoms with Gasteiger partial charge in [0.25, 0.3) is 11.8 Å². The summed E-state index contributed by atoms with van der Waals surface area (Å²) in [4.78, 5) is 38.6. The number of nitrogens with one attached hydrogen (secondary N) is 1. The summed E-state index contributed by atoms with van der Waals surface area (Å²) in [7, 11) is 0. The van der Waals surface area contributed by atoms with Crippen LogP contribution in [-0.2, 0) is 9.59 Å². The number of anilines is 1. The van der Waals surface area contributed by atoms with E-state index in [9.17, 15) is 18.8 Å². The van der Waals surface area contributed by atoms with Crippen LogP contribution >= 0.6 is 0 Å².